The summed E-state index contributed by atoms with van der Waals surface area (Å²) in [5.74, 6) is 0.291. The molecule has 0 spiro atoms. The van der Waals surface area contributed by atoms with Crippen LogP contribution in [0.25, 0.3) is 0 Å². The Morgan fingerprint density at radius 3 is 2.56 bits per heavy atom. The monoisotopic (exact) mass is 232 g/mol. The lowest BCUT2D eigenvalue weighted by Gasteiger charge is -2.16. The van der Waals surface area contributed by atoms with Gasteiger partial charge in [-0.3, -0.25) is 4.79 Å². The molecule has 0 fully saturated rings. The van der Waals surface area contributed by atoms with E-state index in [1.54, 1.807) is 14.2 Å². The van der Waals surface area contributed by atoms with Crippen LogP contribution < -0.4 is 11.1 Å². The van der Waals surface area contributed by atoms with Gasteiger partial charge in [-0.1, -0.05) is 13.3 Å². The molecule has 0 aliphatic rings. The number of nitrogens with two attached hydrogens (primary N) is 1. The Kier molecular flexibility index (Phi) is 9.18. The second-order valence-electron chi connectivity index (χ2n) is 3.83. The molecule has 2 atom stereocenters. The minimum Gasteiger partial charge on any atom is -0.382 e. The molecule has 0 aromatic rings. The second-order valence-corrected chi connectivity index (χ2v) is 3.83. The van der Waals surface area contributed by atoms with E-state index >= 15 is 0 Å². The molecule has 0 aliphatic heterocycles. The van der Waals surface area contributed by atoms with Crippen LogP contribution in [-0.4, -0.2) is 45.9 Å². The van der Waals surface area contributed by atoms with E-state index in [4.69, 9.17) is 15.2 Å². The van der Waals surface area contributed by atoms with E-state index in [1.165, 1.54) is 0 Å². The number of hydrogen-bond acceptors (Lipinski definition) is 4. The highest BCUT2D eigenvalue weighted by molar-refractivity contribution is 5.76. The van der Waals surface area contributed by atoms with Crippen LogP contribution in [-0.2, 0) is 14.3 Å². The number of carbonyl (C=O) groups excluding carboxylic acids is 1. The van der Waals surface area contributed by atoms with Gasteiger partial charge in [-0.2, -0.15) is 0 Å². The Labute approximate surface area is 97.7 Å². The molecule has 0 heterocycles. The van der Waals surface area contributed by atoms with E-state index < -0.39 is 0 Å². The fraction of sp³-hybridized carbons (Fsp3) is 0.909. The van der Waals surface area contributed by atoms with Crippen LogP contribution >= 0.6 is 0 Å². The smallest absolute Gasteiger partial charge is 0.220 e. The molecule has 0 aromatic heterocycles. The van der Waals surface area contributed by atoms with Gasteiger partial charge in [0.2, 0.25) is 5.91 Å². The highest BCUT2D eigenvalue weighted by Crippen LogP contribution is 2.05. The number of methoxy groups -OCH3 is 2. The van der Waals surface area contributed by atoms with Gasteiger partial charge in [0.25, 0.3) is 0 Å². The van der Waals surface area contributed by atoms with Crippen molar-refractivity contribution in [3.05, 3.63) is 0 Å². The maximum absolute atomic E-state index is 11.5. The average molecular weight is 232 g/mol. The van der Waals surface area contributed by atoms with E-state index in [9.17, 15) is 4.79 Å². The van der Waals surface area contributed by atoms with Gasteiger partial charge in [-0.05, 0) is 12.5 Å². The predicted octanol–water partition coefficient (Wildman–Crippen LogP) is 0.139. The van der Waals surface area contributed by atoms with Crippen molar-refractivity contribution in [3.63, 3.8) is 0 Å². The third kappa shape index (κ3) is 6.76. The van der Waals surface area contributed by atoms with Crippen LogP contribution in [0.5, 0.6) is 0 Å². The molecule has 0 saturated heterocycles. The van der Waals surface area contributed by atoms with Crippen molar-refractivity contribution in [2.45, 2.75) is 25.9 Å². The minimum absolute atomic E-state index is 0.0236. The molecular weight excluding hydrogens is 208 g/mol. The molecule has 0 bridgehead atoms. The summed E-state index contributed by atoms with van der Waals surface area (Å²) in [5.41, 5.74) is 5.54. The maximum atomic E-state index is 11.5. The van der Waals surface area contributed by atoms with Crippen LogP contribution in [0, 0.1) is 5.92 Å². The van der Waals surface area contributed by atoms with Crippen LogP contribution in [0.15, 0.2) is 0 Å². The Balaban J connectivity index is 3.78. The molecular formula is C11H24N2O3. The topological polar surface area (TPSA) is 73.6 Å². The highest BCUT2D eigenvalue weighted by Gasteiger charge is 2.12. The van der Waals surface area contributed by atoms with Crippen molar-refractivity contribution in [1.82, 2.24) is 5.32 Å². The first-order valence-electron chi connectivity index (χ1n) is 5.66. The van der Waals surface area contributed by atoms with Gasteiger partial charge in [0, 0.05) is 27.2 Å². The fourth-order valence-corrected chi connectivity index (χ4v) is 1.35. The van der Waals surface area contributed by atoms with Crippen molar-refractivity contribution >= 4 is 5.91 Å². The molecule has 0 aromatic carbocycles. The van der Waals surface area contributed by atoms with Gasteiger partial charge in [0.1, 0.15) is 0 Å². The number of rotatable bonds is 9. The number of hydrogen-bond donors (Lipinski definition) is 2. The molecule has 3 N–H and O–H groups in total. The molecule has 0 aliphatic carbocycles. The summed E-state index contributed by atoms with van der Waals surface area (Å²) in [6, 6.07) is 0. The third-order valence-electron chi connectivity index (χ3n) is 2.60. The predicted molar refractivity (Wildman–Crippen MR) is 63.1 cm³/mol. The van der Waals surface area contributed by atoms with Crippen LogP contribution in [0.3, 0.4) is 0 Å². The number of ether oxygens (including phenoxy) is 2. The molecule has 16 heavy (non-hydrogen) atoms. The Bertz CT molecular complexity index is 184. The lowest BCUT2D eigenvalue weighted by Crippen LogP contribution is -2.36. The van der Waals surface area contributed by atoms with E-state index in [1.807, 2.05) is 6.92 Å². The standard InChI is InChI=1S/C11H24N2O3/c1-4-9(6-12)5-11(14)13-7-10(16-3)8-15-2/h9-10H,4-8,12H2,1-3H3,(H,13,14). The molecule has 5 heteroatoms. The van der Waals surface area contributed by atoms with E-state index in [2.05, 4.69) is 5.32 Å². The summed E-state index contributed by atoms with van der Waals surface area (Å²) in [6.07, 6.45) is 1.32. The molecule has 0 saturated carbocycles. The number of amides is 1. The largest absolute Gasteiger partial charge is 0.382 e. The van der Waals surface area contributed by atoms with Crippen molar-refractivity contribution in [3.8, 4) is 0 Å². The lowest BCUT2D eigenvalue weighted by molar-refractivity contribution is -0.122. The van der Waals surface area contributed by atoms with E-state index in [0.29, 0.717) is 26.1 Å². The van der Waals surface area contributed by atoms with E-state index in [0.717, 1.165) is 6.42 Å². The van der Waals surface area contributed by atoms with E-state index in [-0.39, 0.29) is 17.9 Å². The van der Waals surface area contributed by atoms with Gasteiger partial charge in [-0.25, -0.2) is 0 Å². The molecule has 0 rings (SSSR count). The lowest BCUT2D eigenvalue weighted by atomic mass is 10.0. The minimum atomic E-state index is -0.0908. The molecule has 2 unspecified atom stereocenters. The van der Waals surface area contributed by atoms with Gasteiger partial charge in [0.05, 0.1) is 12.7 Å². The zero-order chi connectivity index (χ0) is 12.4. The van der Waals surface area contributed by atoms with Gasteiger partial charge in [-0.15, -0.1) is 0 Å². The quantitative estimate of drug-likeness (QED) is 0.593. The summed E-state index contributed by atoms with van der Waals surface area (Å²) in [4.78, 5) is 11.5. The molecule has 1 amide bonds. The van der Waals surface area contributed by atoms with Crippen molar-refractivity contribution in [2.24, 2.45) is 11.7 Å². The van der Waals surface area contributed by atoms with Crippen molar-refractivity contribution in [1.29, 1.82) is 0 Å². The second kappa shape index (κ2) is 9.57. The Morgan fingerprint density at radius 1 is 1.44 bits per heavy atom. The van der Waals surface area contributed by atoms with Crippen molar-refractivity contribution < 1.29 is 14.3 Å². The normalized spacial score (nSPS) is 14.5. The first-order valence-corrected chi connectivity index (χ1v) is 5.66. The molecule has 0 radical (unpaired) electrons. The summed E-state index contributed by atoms with van der Waals surface area (Å²) in [5, 5.41) is 2.82. The van der Waals surface area contributed by atoms with Gasteiger partial charge >= 0.3 is 0 Å². The van der Waals surface area contributed by atoms with Gasteiger partial charge in [0.15, 0.2) is 0 Å². The number of nitrogens with one attached hydrogen (secondary N) is 1. The first-order chi connectivity index (χ1) is 7.67. The van der Waals surface area contributed by atoms with Crippen LogP contribution in [0.2, 0.25) is 0 Å². The first kappa shape index (κ1) is 15.3. The van der Waals surface area contributed by atoms with Crippen LogP contribution in [0.1, 0.15) is 19.8 Å². The zero-order valence-corrected chi connectivity index (χ0v) is 10.5. The Hall–Kier alpha value is -0.650. The highest BCUT2D eigenvalue weighted by atomic mass is 16.5. The third-order valence-corrected chi connectivity index (χ3v) is 2.60. The average Bonchev–Trinajstić information content (AvgIpc) is 2.31. The summed E-state index contributed by atoms with van der Waals surface area (Å²) < 4.78 is 10.1. The summed E-state index contributed by atoms with van der Waals surface area (Å²) in [7, 11) is 3.21. The fourth-order valence-electron chi connectivity index (χ4n) is 1.35. The van der Waals surface area contributed by atoms with Crippen molar-refractivity contribution in [2.75, 3.05) is 33.9 Å². The Morgan fingerprint density at radius 2 is 2.12 bits per heavy atom. The molecule has 5 nitrogen and oxygen atoms in total. The SMILES string of the molecule is CCC(CN)CC(=O)NCC(COC)OC. The summed E-state index contributed by atoms with van der Waals surface area (Å²) in [6.45, 7) is 3.54. The summed E-state index contributed by atoms with van der Waals surface area (Å²) >= 11 is 0. The molecule has 96 valence electrons. The maximum Gasteiger partial charge on any atom is 0.220 e. The number of carbonyl (C=O) groups is 1. The van der Waals surface area contributed by atoms with Crippen LogP contribution in [0.4, 0.5) is 0 Å². The van der Waals surface area contributed by atoms with Gasteiger partial charge < -0.3 is 20.5 Å². The zero-order valence-electron chi connectivity index (χ0n) is 10.5.